The van der Waals surface area contributed by atoms with E-state index >= 15 is 0 Å². The summed E-state index contributed by atoms with van der Waals surface area (Å²) in [5.74, 6) is 0.878. The average Bonchev–Trinajstić information content (AvgIpc) is 2.99. The number of nitrogens with one attached hydrogen (secondary N) is 3. The van der Waals surface area contributed by atoms with Gasteiger partial charge in [-0.15, -0.1) is 0 Å². The van der Waals surface area contributed by atoms with Gasteiger partial charge in [0.05, 0.1) is 6.26 Å². The van der Waals surface area contributed by atoms with Crippen LogP contribution in [0.2, 0.25) is 0 Å². The highest BCUT2D eigenvalue weighted by atomic mass is 16.3. The highest BCUT2D eigenvalue weighted by molar-refractivity contribution is 5.91. The van der Waals surface area contributed by atoms with Crippen LogP contribution in [-0.4, -0.2) is 38.5 Å². The summed E-state index contributed by atoms with van der Waals surface area (Å²) in [5, 5.41) is 9.13. The molecule has 0 bridgehead atoms. The molecule has 0 aliphatic heterocycles. The van der Waals surface area contributed by atoms with Crippen molar-refractivity contribution in [1.82, 2.24) is 16.0 Å². The van der Waals surface area contributed by atoms with Gasteiger partial charge in [0.15, 0.2) is 11.7 Å². The average molecular weight is 280 g/mol. The van der Waals surface area contributed by atoms with Crippen molar-refractivity contribution in [2.45, 2.75) is 26.2 Å². The van der Waals surface area contributed by atoms with Gasteiger partial charge in [0, 0.05) is 26.7 Å². The summed E-state index contributed by atoms with van der Waals surface area (Å²) in [7, 11) is 1.73. The normalized spacial score (nSPS) is 11.2. The summed E-state index contributed by atoms with van der Waals surface area (Å²) in [5.41, 5.74) is 0. The van der Waals surface area contributed by atoms with Crippen molar-refractivity contribution < 1.29 is 9.21 Å². The number of rotatable bonds is 8. The van der Waals surface area contributed by atoms with E-state index < -0.39 is 0 Å². The number of amides is 1. The van der Waals surface area contributed by atoms with E-state index in [4.69, 9.17) is 4.42 Å². The fraction of sp³-hybridized carbons (Fsp3) is 0.571. The van der Waals surface area contributed by atoms with Gasteiger partial charge in [-0.2, -0.15) is 0 Å². The summed E-state index contributed by atoms with van der Waals surface area (Å²) in [6.07, 6.45) is 5.03. The lowest BCUT2D eigenvalue weighted by Gasteiger charge is -2.11. The molecule has 20 heavy (non-hydrogen) atoms. The number of hydrogen-bond donors (Lipinski definition) is 3. The quantitative estimate of drug-likeness (QED) is 0.382. The highest BCUT2D eigenvalue weighted by Gasteiger charge is 2.06. The summed E-state index contributed by atoms with van der Waals surface area (Å²) in [4.78, 5) is 15.7. The van der Waals surface area contributed by atoms with Gasteiger partial charge in [0.1, 0.15) is 0 Å². The van der Waals surface area contributed by atoms with E-state index in [1.165, 1.54) is 19.1 Å². The largest absolute Gasteiger partial charge is 0.459 e. The molecule has 0 atom stereocenters. The molecule has 0 radical (unpaired) electrons. The van der Waals surface area contributed by atoms with E-state index in [9.17, 15) is 4.79 Å². The van der Waals surface area contributed by atoms with E-state index in [0.29, 0.717) is 18.8 Å². The number of furan rings is 1. The van der Waals surface area contributed by atoms with E-state index in [0.717, 1.165) is 18.9 Å². The monoisotopic (exact) mass is 280 g/mol. The molecule has 0 saturated carbocycles. The van der Waals surface area contributed by atoms with Gasteiger partial charge in [0.2, 0.25) is 0 Å². The molecule has 0 spiro atoms. The number of carbonyl (C=O) groups excluding carboxylic acids is 1. The topological polar surface area (TPSA) is 78.7 Å². The summed E-state index contributed by atoms with van der Waals surface area (Å²) >= 11 is 0. The Morgan fingerprint density at radius 2 is 1.95 bits per heavy atom. The van der Waals surface area contributed by atoms with Crippen molar-refractivity contribution in [2.24, 2.45) is 4.99 Å². The number of carbonyl (C=O) groups is 1. The van der Waals surface area contributed by atoms with Gasteiger partial charge < -0.3 is 20.4 Å². The van der Waals surface area contributed by atoms with Gasteiger partial charge in [-0.25, -0.2) is 0 Å². The first kappa shape index (κ1) is 16.1. The molecule has 0 aromatic carbocycles. The minimum atomic E-state index is -0.206. The van der Waals surface area contributed by atoms with Crippen LogP contribution in [0.5, 0.6) is 0 Å². The number of hydrogen-bond acceptors (Lipinski definition) is 3. The van der Waals surface area contributed by atoms with Crippen molar-refractivity contribution in [3.8, 4) is 0 Å². The van der Waals surface area contributed by atoms with Gasteiger partial charge >= 0.3 is 0 Å². The molecule has 0 aliphatic carbocycles. The standard InChI is InChI=1S/C14H24N4O2/c1-3-4-5-8-17-14(15-2)18-10-9-16-13(19)12-7-6-11-20-12/h6-7,11H,3-5,8-10H2,1-2H3,(H,16,19)(H2,15,17,18). The maximum atomic E-state index is 11.6. The van der Waals surface area contributed by atoms with Crippen molar-refractivity contribution in [1.29, 1.82) is 0 Å². The SMILES string of the molecule is CCCCCNC(=NC)NCCNC(=O)c1ccco1. The van der Waals surface area contributed by atoms with Crippen LogP contribution < -0.4 is 16.0 Å². The predicted molar refractivity (Wildman–Crippen MR) is 79.9 cm³/mol. The molecule has 1 heterocycles. The molecule has 1 aromatic heterocycles. The van der Waals surface area contributed by atoms with E-state index in [2.05, 4.69) is 27.9 Å². The number of guanidine groups is 1. The van der Waals surface area contributed by atoms with Gasteiger partial charge in [-0.1, -0.05) is 19.8 Å². The molecule has 0 aliphatic rings. The molecule has 1 amide bonds. The van der Waals surface area contributed by atoms with Crippen LogP contribution >= 0.6 is 0 Å². The molecule has 0 unspecified atom stereocenters. The molecule has 1 rings (SSSR count). The lowest BCUT2D eigenvalue weighted by Crippen LogP contribution is -2.41. The zero-order chi connectivity index (χ0) is 14.6. The minimum Gasteiger partial charge on any atom is -0.459 e. The van der Waals surface area contributed by atoms with E-state index in [1.807, 2.05) is 0 Å². The number of aliphatic imine (C=N–C) groups is 1. The van der Waals surface area contributed by atoms with Crippen LogP contribution in [0, 0.1) is 0 Å². The van der Waals surface area contributed by atoms with Crippen LogP contribution in [0.4, 0.5) is 0 Å². The van der Waals surface area contributed by atoms with Crippen LogP contribution in [0.1, 0.15) is 36.7 Å². The van der Waals surface area contributed by atoms with Gasteiger partial charge in [0.25, 0.3) is 5.91 Å². The molecular weight excluding hydrogens is 256 g/mol. The Balaban J connectivity index is 2.11. The summed E-state index contributed by atoms with van der Waals surface area (Å²) in [6, 6.07) is 3.33. The molecule has 0 fully saturated rings. The fourth-order valence-corrected chi connectivity index (χ4v) is 1.65. The first-order chi connectivity index (χ1) is 9.77. The second kappa shape index (κ2) is 9.89. The Labute approximate surface area is 120 Å². The Kier molecular flexibility index (Phi) is 7.95. The zero-order valence-electron chi connectivity index (χ0n) is 12.2. The number of unbranched alkanes of at least 4 members (excludes halogenated alkanes) is 2. The van der Waals surface area contributed by atoms with Crippen LogP contribution in [-0.2, 0) is 0 Å². The molecule has 3 N–H and O–H groups in total. The number of nitrogens with zero attached hydrogens (tertiary/aromatic N) is 1. The first-order valence-corrected chi connectivity index (χ1v) is 7.04. The maximum Gasteiger partial charge on any atom is 0.287 e. The Bertz CT molecular complexity index is 401. The van der Waals surface area contributed by atoms with Gasteiger partial charge in [-0.3, -0.25) is 9.79 Å². The third-order valence-electron chi connectivity index (χ3n) is 2.74. The Morgan fingerprint density at radius 3 is 2.60 bits per heavy atom. The van der Waals surface area contributed by atoms with E-state index in [1.54, 1.807) is 19.2 Å². The lowest BCUT2D eigenvalue weighted by atomic mass is 10.2. The van der Waals surface area contributed by atoms with E-state index in [-0.39, 0.29) is 5.91 Å². The van der Waals surface area contributed by atoms with Crippen LogP contribution in [0.15, 0.2) is 27.8 Å². The van der Waals surface area contributed by atoms with Crippen molar-refractivity contribution in [3.63, 3.8) is 0 Å². The molecule has 6 heteroatoms. The molecular formula is C14H24N4O2. The first-order valence-electron chi connectivity index (χ1n) is 7.04. The molecule has 1 aromatic rings. The van der Waals surface area contributed by atoms with Crippen molar-refractivity contribution >= 4 is 11.9 Å². The Hall–Kier alpha value is -1.98. The predicted octanol–water partition coefficient (Wildman–Crippen LogP) is 1.36. The second-order valence-electron chi connectivity index (χ2n) is 4.37. The van der Waals surface area contributed by atoms with Crippen molar-refractivity contribution in [3.05, 3.63) is 24.2 Å². The third kappa shape index (κ3) is 6.26. The summed E-state index contributed by atoms with van der Waals surface area (Å²) in [6.45, 7) is 4.20. The Morgan fingerprint density at radius 1 is 1.20 bits per heavy atom. The van der Waals surface area contributed by atoms with Crippen LogP contribution in [0.25, 0.3) is 0 Å². The highest BCUT2D eigenvalue weighted by Crippen LogP contribution is 1.98. The molecule has 112 valence electrons. The fourth-order valence-electron chi connectivity index (χ4n) is 1.65. The summed E-state index contributed by atoms with van der Waals surface area (Å²) < 4.78 is 5.00. The molecule has 6 nitrogen and oxygen atoms in total. The van der Waals surface area contributed by atoms with Gasteiger partial charge in [-0.05, 0) is 18.6 Å². The van der Waals surface area contributed by atoms with Crippen LogP contribution in [0.3, 0.4) is 0 Å². The lowest BCUT2D eigenvalue weighted by molar-refractivity contribution is 0.0926. The molecule has 0 saturated heterocycles. The third-order valence-corrected chi connectivity index (χ3v) is 2.74. The second-order valence-corrected chi connectivity index (χ2v) is 4.37. The minimum absolute atomic E-state index is 0.206. The maximum absolute atomic E-state index is 11.6. The van der Waals surface area contributed by atoms with Crippen molar-refractivity contribution in [2.75, 3.05) is 26.7 Å². The smallest absolute Gasteiger partial charge is 0.287 e. The zero-order valence-corrected chi connectivity index (χ0v) is 12.2.